The fraction of sp³-hybridized carbons (Fsp3) is 0.212. The van der Waals surface area contributed by atoms with E-state index in [1.165, 1.54) is 55.5 Å². The van der Waals surface area contributed by atoms with Gasteiger partial charge in [-0.3, -0.25) is 13.9 Å². The summed E-state index contributed by atoms with van der Waals surface area (Å²) >= 11 is 3.34. The van der Waals surface area contributed by atoms with E-state index in [1.807, 2.05) is 37.3 Å². The maximum atomic E-state index is 14.9. The minimum atomic E-state index is -4.31. The third kappa shape index (κ3) is 7.64. The van der Waals surface area contributed by atoms with E-state index in [0.29, 0.717) is 10.2 Å². The van der Waals surface area contributed by atoms with E-state index in [9.17, 15) is 22.4 Å². The van der Waals surface area contributed by atoms with E-state index < -0.39 is 40.2 Å². The molecule has 0 bridgehead atoms. The molecule has 0 spiro atoms. The number of amides is 2. The molecule has 0 aliphatic carbocycles. The molecule has 0 fully saturated rings. The lowest BCUT2D eigenvalue weighted by atomic mass is 10.0. The fourth-order valence-electron chi connectivity index (χ4n) is 4.71. The molecular formula is C33H33BrFN3O5S. The number of methoxy groups -OCH3 is 1. The number of sulfonamides is 1. The van der Waals surface area contributed by atoms with Gasteiger partial charge < -0.3 is 15.0 Å². The topological polar surface area (TPSA) is 96.0 Å². The lowest BCUT2D eigenvalue weighted by Gasteiger charge is -2.33. The highest BCUT2D eigenvalue weighted by atomic mass is 79.9. The number of rotatable bonds is 12. The largest absolute Gasteiger partial charge is 0.496 e. The minimum absolute atomic E-state index is 0.0775. The van der Waals surface area contributed by atoms with Gasteiger partial charge in [0.2, 0.25) is 11.8 Å². The summed E-state index contributed by atoms with van der Waals surface area (Å²) in [5.41, 5.74) is 2.11. The maximum absolute atomic E-state index is 14.9. The molecule has 1 N–H and O–H groups in total. The van der Waals surface area contributed by atoms with E-state index in [-0.39, 0.29) is 29.1 Å². The molecule has 0 aliphatic rings. The zero-order valence-corrected chi connectivity index (χ0v) is 26.9. The number of carbonyl (C=O) groups excluding carboxylic acids is 2. The smallest absolute Gasteiger partial charge is 0.264 e. The monoisotopic (exact) mass is 681 g/mol. The van der Waals surface area contributed by atoms with Crippen molar-refractivity contribution in [3.63, 3.8) is 0 Å². The molecule has 0 aromatic heterocycles. The van der Waals surface area contributed by atoms with Crippen LogP contribution in [0.1, 0.15) is 16.7 Å². The van der Waals surface area contributed by atoms with Crippen molar-refractivity contribution in [3.8, 4) is 5.75 Å². The molecular weight excluding hydrogens is 649 g/mol. The highest BCUT2D eigenvalue weighted by Gasteiger charge is 2.35. The van der Waals surface area contributed by atoms with Gasteiger partial charge in [-0.05, 0) is 64.8 Å². The second kappa shape index (κ2) is 14.5. The summed E-state index contributed by atoms with van der Waals surface area (Å²) in [5, 5.41) is 2.61. The highest BCUT2D eigenvalue weighted by Crippen LogP contribution is 2.31. The van der Waals surface area contributed by atoms with Crippen molar-refractivity contribution in [2.24, 2.45) is 0 Å². The summed E-state index contributed by atoms with van der Waals surface area (Å²) in [6, 6.07) is 25.0. The summed E-state index contributed by atoms with van der Waals surface area (Å²) in [5.74, 6) is -1.27. The van der Waals surface area contributed by atoms with Crippen LogP contribution in [0.3, 0.4) is 0 Å². The molecule has 4 aromatic carbocycles. The van der Waals surface area contributed by atoms with E-state index in [4.69, 9.17) is 4.74 Å². The number of likely N-dealkylation sites (N-methyl/N-ethyl adjacent to an activating group) is 1. The van der Waals surface area contributed by atoms with Gasteiger partial charge in [0, 0.05) is 25.6 Å². The number of nitrogens with zero attached hydrogens (tertiary/aromatic N) is 2. The van der Waals surface area contributed by atoms with Crippen LogP contribution in [0.15, 0.2) is 106 Å². The minimum Gasteiger partial charge on any atom is -0.496 e. The second-order valence-corrected chi connectivity index (χ2v) is 12.8. The molecule has 0 aliphatic heterocycles. The molecule has 0 heterocycles. The molecule has 230 valence electrons. The number of aryl methyl sites for hydroxylation is 1. The Kier molecular flexibility index (Phi) is 10.8. The van der Waals surface area contributed by atoms with E-state index in [0.717, 1.165) is 15.4 Å². The van der Waals surface area contributed by atoms with Crippen LogP contribution < -0.4 is 14.4 Å². The summed E-state index contributed by atoms with van der Waals surface area (Å²) in [7, 11) is -1.39. The molecule has 0 saturated heterocycles. The first-order valence-electron chi connectivity index (χ1n) is 13.8. The molecule has 1 atom stereocenters. The van der Waals surface area contributed by atoms with Crippen molar-refractivity contribution >= 4 is 43.5 Å². The van der Waals surface area contributed by atoms with Crippen LogP contribution in [0.5, 0.6) is 5.75 Å². The molecule has 2 amide bonds. The van der Waals surface area contributed by atoms with Crippen molar-refractivity contribution in [3.05, 3.63) is 124 Å². The van der Waals surface area contributed by atoms with Crippen LogP contribution in [-0.2, 0) is 32.6 Å². The second-order valence-electron chi connectivity index (χ2n) is 10.1. The van der Waals surface area contributed by atoms with Crippen molar-refractivity contribution < 1.29 is 27.1 Å². The highest BCUT2D eigenvalue weighted by molar-refractivity contribution is 9.10. The Morgan fingerprint density at radius 2 is 1.61 bits per heavy atom. The number of carbonyl (C=O) groups is 2. The first-order chi connectivity index (χ1) is 21.0. The zero-order chi connectivity index (χ0) is 31.9. The lowest BCUT2D eigenvalue weighted by Crippen LogP contribution is -2.53. The third-order valence-corrected chi connectivity index (χ3v) is 9.52. The Morgan fingerprint density at radius 1 is 0.955 bits per heavy atom. The van der Waals surface area contributed by atoms with Crippen molar-refractivity contribution in [2.45, 2.75) is 30.8 Å². The van der Waals surface area contributed by atoms with E-state index in [1.54, 1.807) is 30.3 Å². The SMILES string of the molecule is CNC(=O)[C@H](Cc1ccccc1)N(Cc1ccccc1F)C(=O)CN(c1ccc(C)cc1)S(=O)(=O)c1ccc(OC)c(Br)c1. The average Bonchev–Trinajstić information content (AvgIpc) is 3.02. The van der Waals surface area contributed by atoms with E-state index in [2.05, 4.69) is 21.2 Å². The van der Waals surface area contributed by atoms with Gasteiger partial charge >= 0.3 is 0 Å². The van der Waals surface area contributed by atoms with E-state index >= 15 is 0 Å². The number of ether oxygens (including phenoxy) is 1. The quantitative estimate of drug-likeness (QED) is 0.214. The van der Waals surface area contributed by atoms with Crippen molar-refractivity contribution in [1.29, 1.82) is 0 Å². The van der Waals surface area contributed by atoms with Gasteiger partial charge in [0.15, 0.2) is 0 Å². The van der Waals surface area contributed by atoms with Gasteiger partial charge in [0.25, 0.3) is 10.0 Å². The Balaban J connectivity index is 1.80. The molecule has 11 heteroatoms. The molecule has 44 heavy (non-hydrogen) atoms. The van der Waals surface area contributed by atoms with Gasteiger partial charge in [-0.25, -0.2) is 12.8 Å². The van der Waals surface area contributed by atoms with Crippen LogP contribution in [0, 0.1) is 12.7 Å². The van der Waals surface area contributed by atoms with Crippen molar-refractivity contribution in [1.82, 2.24) is 10.2 Å². The number of nitrogens with one attached hydrogen (secondary N) is 1. The van der Waals surface area contributed by atoms with Crippen LogP contribution in [0.25, 0.3) is 0 Å². The first-order valence-corrected chi connectivity index (χ1v) is 16.0. The van der Waals surface area contributed by atoms with Crippen LogP contribution in [0.4, 0.5) is 10.1 Å². The van der Waals surface area contributed by atoms with Crippen LogP contribution >= 0.6 is 15.9 Å². The summed E-state index contributed by atoms with van der Waals surface area (Å²) in [6.45, 7) is 0.958. The predicted molar refractivity (Wildman–Crippen MR) is 171 cm³/mol. The average molecular weight is 683 g/mol. The first kappa shape index (κ1) is 32.7. The number of anilines is 1. The third-order valence-electron chi connectivity index (χ3n) is 7.13. The molecule has 0 unspecified atom stereocenters. The van der Waals surface area contributed by atoms with Gasteiger partial charge in [0.1, 0.15) is 24.2 Å². The molecule has 0 radical (unpaired) electrons. The summed E-state index contributed by atoms with van der Waals surface area (Å²) in [6.07, 6.45) is 0.128. The molecule has 8 nitrogen and oxygen atoms in total. The van der Waals surface area contributed by atoms with Gasteiger partial charge in [-0.2, -0.15) is 0 Å². The normalized spacial score (nSPS) is 11.8. The number of hydrogen-bond acceptors (Lipinski definition) is 5. The van der Waals surface area contributed by atoms with Gasteiger partial charge in [-0.1, -0.05) is 66.2 Å². The maximum Gasteiger partial charge on any atom is 0.264 e. The Bertz CT molecular complexity index is 1720. The zero-order valence-electron chi connectivity index (χ0n) is 24.5. The van der Waals surface area contributed by atoms with Gasteiger partial charge in [-0.15, -0.1) is 0 Å². The van der Waals surface area contributed by atoms with Crippen LogP contribution in [0.2, 0.25) is 0 Å². The Labute approximate surface area is 265 Å². The predicted octanol–water partition coefficient (Wildman–Crippen LogP) is 5.49. The number of hydrogen-bond donors (Lipinski definition) is 1. The summed E-state index contributed by atoms with van der Waals surface area (Å²) < 4.78 is 49.9. The van der Waals surface area contributed by atoms with Crippen LogP contribution in [-0.4, -0.2) is 51.9 Å². The van der Waals surface area contributed by atoms with Crippen molar-refractivity contribution in [2.75, 3.05) is 25.0 Å². The fourth-order valence-corrected chi connectivity index (χ4v) is 6.84. The molecule has 0 saturated carbocycles. The Morgan fingerprint density at radius 3 is 2.23 bits per heavy atom. The summed E-state index contributed by atoms with van der Waals surface area (Å²) in [4.78, 5) is 28.8. The van der Waals surface area contributed by atoms with Gasteiger partial charge in [0.05, 0.1) is 22.2 Å². The molecule has 4 rings (SSSR count). The number of benzene rings is 4. The molecule has 4 aromatic rings. The Hall–Kier alpha value is -4.22. The lowest BCUT2D eigenvalue weighted by molar-refractivity contribution is -0.139. The standard InChI is InChI=1S/C33H33BrFN3O5S/c1-23-13-15-26(16-14-23)38(44(41,42)27-17-18-31(43-3)28(34)20-27)22-32(39)37(21-25-11-7-8-12-29(25)35)30(33(40)36-2)19-24-9-5-4-6-10-24/h4-18,20,30H,19,21-22H2,1-3H3,(H,36,40)/t30-/m0/s1. The number of halogens is 2.